The second-order valence-electron chi connectivity index (χ2n) is 3.15. The maximum Gasteiger partial charge on any atom is 0.340 e. The Bertz CT molecular complexity index is 688. The number of aromatic amines is 1. The Hall–Kier alpha value is -2.01. The summed E-state index contributed by atoms with van der Waals surface area (Å²) >= 11 is 1.03. The molecule has 0 aliphatic carbocycles. The normalized spacial score (nSPS) is 11.4. The van der Waals surface area contributed by atoms with Crippen molar-refractivity contribution >= 4 is 32.5 Å². The topological polar surface area (TPSA) is 138 Å². The monoisotopic (exact) mass is 289 g/mol. The second kappa shape index (κ2) is 4.34. The third kappa shape index (κ3) is 2.31. The van der Waals surface area contributed by atoms with Crippen LogP contribution in [-0.4, -0.2) is 39.9 Å². The third-order valence-corrected chi connectivity index (χ3v) is 4.05. The number of carbonyl (C=O) groups is 1. The van der Waals surface area contributed by atoms with Gasteiger partial charge in [-0.25, -0.2) is 4.79 Å². The number of aromatic nitrogens is 4. The van der Waals surface area contributed by atoms with E-state index in [1.165, 1.54) is 0 Å². The summed E-state index contributed by atoms with van der Waals surface area (Å²) in [6.45, 7) is 1.66. The van der Waals surface area contributed by atoms with Crippen molar-refractivity contribution in [1.82, 2.24) is 20.4 Å². The average Bonchev–Trinajstić information content (AvgIpc) is 2.86. The van der Waals surface area contributed by atoms with Gasteiger partial charge in [-0.05, 0) is 6.92 Å². The molecule has 9 nitrogen and oxygen atoms in total. The molecule has 0 spiro atoms. The minimum absolute atomic E-state index is 0.0541. The fraction of sp³-hybridized carbons (Fsp3) is 0.143. The zero-order valence-electron chi connectivity index (χ0n) is 8.91. The standard InChI is InChI=1S/C7H7N5O4S2/c1-3-9-11-7(17-3)12-18(15,16)5-4(6(13)14)2-8-10-5/h2H,1H3,(H,8,10)(H,11,12)(H,13,14). The van der Waals surface area contributed by atoms with E-state index < -0.39 is 26.6 Å². The Morgan fingerprint density at radius 1 is 1.50 bits per heavy atom. The van der Waals surface area contributed by atoms with Gasteiger partial charge in [0.1, 0.15) is 10.6 Å². The van der Waals surface area contributed by atoms with Crippen LogP contribution in [0.15, 0.2) is 11.2 Å². The molecule has 18 heavy (non-hydrogen) atoms. The summed E-state index contributed by atoms with van der Waals surface area (Å²) in [5, 5.41) is 21.7. The van der Waals surface area contributed by atoms with Crippen LogP contribution in [0.3, 0.4) is 0 Å². The number of sulfonamides is 1. The van der Waals surface area contributed by atoms with Crippen molar-refractivity contribution < 1.29 is 18.3 Å². The summed E-state index contributed by atoms with van der Waals surface area (Å²) in [6, 6.07) is 0. The molecule has 2 aromatic heterocycles. The summed E-state index contributed by atoms with van der Waals surface area (Å²) in [5.74, 6) is -1.39. The first kappa shape index (κ1) is 12.4. The van der Waals surface area contributed by atoms with E-state index >= 15 is 0 Å². The molecule has 0 radical (unpaired) electrons. The number of hydrogen-bond donors (Lipinski definition) is 3. The predicted octanol–water partition coefficient (Wildman–Crippen LogP) is 0.0686. The highest BCUT2D eigenvalue weighted by Gasteiger charge is 2.25. The molecule has 0 amide bonds. The lowest BCUT2D eigenvalue weighted by molar-refractivity contribution is 0.0692. The van der Waals surface area contributed by atoms with Crippen LogP contribution in [0.2, 0.25) is 0 Å². The van der Waals surface area contributed by atoms with Gasteiger partial charge in [-0.3, -0.25) is 9.82 Å². The molecule has 2 rings (SSSR count). The van der Waals surface area contributed by atoms with E-state index in [9.17, 15) is 13.2 Å². The van der Waals surface area contributed by atoms with Crippen molar-refractivity contribution in [3.8, 4) is 0 Å². The van der Waals surface area contributed by atoms with Crippen LogP contribution >= 0.6 is 11.3 Å². The molecule has 2 heterocycles. The number of rotatable bonds is 4. The van der Waals surface area contributed by atoms with Crippen LogP contribution in [0.25, 0.3) is 0 Å². The second-order valence-corrected chi connectivity index (χ2v) is 5.95. The number of anilines is 1. The van der Waals surface area contributed by atoms with Crippen LogP contribution in [0, 0.1) is 6.92 Å². The van der Waals surface area contributed by atoms with Gasteiger partial charge in [0.25, 0.3) is 10.0 Å². The van der Waals surface area contributed by atoms with Crippen LogP contribution < -0.4 is 4.72 Å². The Balaban J connectivity index is 2.37. The zero-order chi connectivity index (χ0) is 13.3. The van der Waals surface area contributed by atoms with E-state index in [0.29, 0.717) is 5.01 Å². The van der Waals surface area contributed by atoms with Gasteiger partial charge in [0.2, 0.25) is 5.13 Å². The van der Waals surface area contributed by atoms with E-state index in [2.05, 4.69) is 25.1 Å². The maximum atomic E-state index is 11.9. The van der Waals surface area contributed by atoms with Crippen molar-refractivity contribution in [1.29, 1.82) is 0 Å². The lowest BCUT2D eigenvalue weighted by atomic mass is 10.4. The van der Waals surface area contributed by atoms with Crippen molar-refractivity contribution in [3.63, 3.8) is 0 Å². The SMILES string of the molecule is Cc1nnc(NS(=O)(=O)c2[nH]ncc2C(=O)O)s1. The molecule has 0 saturated heterocycles. The summed E-state index contributed by atoms with van der Waals surface area (Å²) in [4.78, 5) is 10.8. The predicted molar refractivity (Wildman–Crippen MR) is 61.0 cm³/mol. The highest BCUT2D eigenvalue weighted by molar-refractivity contribution is 7.92. The van der Waals surface area contributed by atoms with Gasteiger partial charge < -0.3 is 5.11 Å². The van der Waals surface area contributed by atoms with Gasteiger partial charge in [-0.15, -0.1) is 10.2 Å². The molecular weight excluding hydrogens is 282 g/mol. The summed E-state index contributed by atoms with van der Waals surface area (Å²) < 4.78 is 25.9. The first-order chi connectivity index (χ1) is 8.40. The molecule has 0 aliphatic heterocycles. The number of hydrogen-bond acceptors (Lipinski definition) is 7. The summed E-state index contributed by atoms with van der Waals surface area (Å²) in [5.41, 5.74) is -0.441. The van der Waals surface area contributed by atoms with Gasteiger partial charge >= 0.3 is 5.97 Å². The van der Waals surface area contributed by atoms with E-state index in [-0.39, 0.29) is 5.13 Å². The lowest BCUT2D eigenvalue weighted by Crippen LogP contribution is -2.16. The summed E-state index contributed by atoms with van der Waals surface area (Å²) in [7, 11) is -4.07. The first-order valence-electron chi connectivity index (χ1n) is 4.50. The Kier molecular flexibility index (Phi) is 3.00. The lowest BCUT2D eigenvalue weighted by Gasteiger charge is -2.02. The van der Waals surface area contributed by atoms with Gasteiger partial charge in [-0.2, -0.15) is 13.5 Å². The van der Waals surface area contributed by atoms with Crippen molar-refractivity contribution in [2.24, 2.45) is 0 Å². The van der Waals surface area contributed by atoms with E-state index in [1.54, 1.807) is 6.92 Å². The highest BCUT2D eigenvalue weighted by Crippen LogP contribution is 2.20. The number of carboxylic acid groups (broad SMARTS) is 1. The highest BCUT2D eigenvalue weighted by atomic mass is 32.2. The number of nitrogens with one attached hydrogen (secondary N) is 2. The van der Waals surface area contributed by atoms with Gasteiger partial charge in [0.05, 0.1) is 6.20 Å². The van der Waals surface area contributed by atoms with Crippen LogP contribution in [0.5, 0.6) is 0 Å². The number of carboxylic acids is 1. The molecule has 0 aliphatic rings. The summed E-state index contributed by atoms with van der Waals surface area (Å²) in [6.07, 6.45) is 0.919. The Labute approximate surface area is 105 Å². The number of aryl methyl sites for hydroxylation is 1. The minimum atomic E-state index is -4.07. The molecular formula is C7H7N5O4S2. The molecule has 0 fully saturated rings. The van der Waals surface area contributed by atoms with Crippen molar-refractivity contribution in [2.75, 3.05) is 4.72 Å². The molecule has 96 valence electrons. The van der Waals surface area contributed by atoms with Crippen LogP contribution in [-0.2, 0) is 10.0 Å². The van der Waals surface area contributed by atoms with Crippen molar-refractivity contribution in [2.45, 2.75) is 11.9 Å². The number of aromatic carboxylic acids is 1. The van der Waals surface area contributed by atoms with Crippen LogP contribution in [0.1, 0.15) is 15.4 Å². The molecule has 0 unspecified atom stereocenters. The molecule has 2 aromatic rings. The average molecular weight is 289 g/mol. The molecule has 0 aromatic carbocycles. The van der Waals surface area contributed by atoms with Gasteiger partial charge in [-0.1, -0.05) is 11.3 Å². The van der Waals surface area contributed by atoms with Crippen molar-refractivity contribution in [3.05, 3.63) is 16.8 Å². The minimum Gasteiger partial charge on any atom is -0.478 e. The smallest absolute Gasteiger partial charge is 0.340 e. The zero-order valence-corrected chi connectivity index (χ0v) is 10.5. The molecule has 11 heteroatoms. The van der Waals surface area contributed by atoms with Gasteiger partial charge in [0.15, 0.2) is 5.03 Å². The quantitative estimate of drug-likeness (QED) is 0.723. The molecule has 0 atom stereocenters. The third-order valence-electron chi connectivity index (χ3n) is 1.85. The van der Waals surface area contributed by atoms with E-state index in [4.69, 9.17) is 5.11 Å². The fourth-order valence-corrected chi connectivity index (χ4v) is 3.05. The van der Waals surface area contributed by atoms with E-state index in [0.717, 1.165) is 17.5 Å². The van der Waals surface area contributed by atoms with E-state index in [1.807, 2.05) is 0 Å². The largest absolute Gasteiger partial charge is 0.478 e. The van der Waals surface area contributed by atoms with Crippen LogP contribution in [0.4, 0.5) is 5.13 Å². The maximum absolute atomic E-state index is 11.9. The molecule has 0 saturated carbocycles. The Morgan fingerprint density at radius 3 is 2.78 bits per heavy atom. The Morgan fingerprint density at radius 2 is 2.22 bits per heavy atom. The first-order valence-corrected chi connectivity index (χ1v) is 6.79. The number of nitrogens with zero attached hydrogens (tertiary/aromatic N) is 3. The molecule has 3 N–H and O–H groups in total. The van der Waals surface area contributed by atoms with Gasteiger partial charge in [0, 0.05) is 0 Å². The molecule has 0 bridgehead atoms. The fourth-order valence-electron chi connectivity index (χ4n) is 1.14. The number of H-pyrrole nitrogens is 1.